The predicted octanol–water partition coefficient (Wildman–Crippen LogP) is 3.13. The Morgan fingerprint density at radius 2 is 2.28 bits per heavy atom. The summed E-state index contributed by atoms with van der Waals surface area (Å²) in [6, 6.07) is 4.46. The number of carbonyl (C=O) groups excluding carboxylic acids is 1. The Labute approximate surface area is 116 Å². The highest BCUT2D eigenvalue weighted by Crippen LogP contribution is 2.28. The molecule has 2 unspecified atom stereocenters. The molecule has 0 saturated heterocycles. The summed E-state index contributed by atoms with van der Waals surface area (Å²) < 4.78 is 13.1. The molecule has 1 aromatic carbocycles. The molecule has 1 saturated carbocycles. The first-order chi connectivity index (χ1) is 8.61. The second-order valence-corrected chi connectivity index (χ2v) is 6.01. The van der Waals surface area contributed by atoms with Crippen molar-refractivity contribution in [1.29, 1.82) is 0 Å². The molecule has 0 heterocycles. The van der Waals surface area contributed by atoms with Crippen LogP contribution >= 0.6 is 24.4 Å². The van der Waals surface area contributed by atoms with Gasteiger partial charge in [-0.05, 0) is 37.3 Å². The quantitative estimate of drug-likeness (QED) is 0.836. The summed E-state index contributed by atoms with van der Waals surface area (Å²) in [5.74, 6) is -0.547. The number of halogens is 1. The van der Waals surface area contributed by atoms with Crippen molar-refractivity contribution < 1.29 is 9.18 Å². The number of amides is 1. The van der Waals surface area contributed by atoms with Gasteiger partial charge in [0.05, 0.1) is 0 Å². The fourth-order valence-corrected chi connectivity index (χ4v) is 3.43. The maximum absolute atomic E-state index is 13.1. The van der Waals surface area contributed by atoms with Crippen LogP contribution in [-0.4, -0.2) is 23.5 Å². The van der Waals surface area contributed by atoms with Crippen LogP contribution in [0.4, 0.5) is 4.39 Å². The van der Waals surface area contributed by atoms with Gasteiger partial charge >= 0.3 is 0 Å². The summed E-state index contributed by atoms with van der Waals surface area (Å²) in [4.78, 5) is 12.3. The Hall–Kier alpha value is -0.680. The molecule has 5 heteroatoms. The molecule has 1 aliphatic rings. The minimum atomic E-state index is -0.405. The Balaban J connectivity index is 2.05. The van der Waals surface area contributed by atoms with Crippen molar-refractivity contribution >= 4 is 30.3 Å². The monoisotopic (exact) mass is 285 g/mol. The second-order valence-electron chi connectivity index (χ2n) is 4.45. The third-order valence-corrected chi connectivity index (χ3v) is 4.79. The van der Waals surface area contributed by atoms with Gasteiger partial charge in [-0.15, -0.1) is 12.6 Å². The number of hydrogen-bond donors (Lipinski definition) is 2. The number of nitrogens with one attached hydrogen (secondary N) is 1. The maximum Gasteiger partial charge on any atom is 0.251 e. The molecule has 0 bridgehead atoms. The zero-order valence-corrected chi connectivity index (χ0v) is 11.9. The van der Waals surface area contributed by atoms with Crippen LogP contribution in [0.25, 0.3) is 0 Å². The number of thioether (sulfide) groups is 1. The summed E-state index contributed by atoms with van der Waals surface area (Å²) >= 11 is 5.78. The van der Waals surface area contributed by atoms with Crippen LogP contribution in [0.1, 0.15) is 29.6 Å². The van der Waals surface area contributed by atoms with E-state index in [1.807, 2.05) is 0 Å². The average molecular weight is 285 g/mol. The first-order valence-electron chi connectivity index (χ1n) is 5.94. The Kier molecular flexibility index (Phi) is 4.56. The topological polar surface area (TPSA) is 29.1 Å². The zero-order chi connectivity index (χ0) is 13.1. The van der Waals surface area contributed by atoms with E-state index in [0.717, 1.165) is 19.3 Å². The molecule has 1 N–H and O–H groups in total. The fraction of sp³-hybridized carbons (Fsp3) is 0.462. The second kappa shape index (κ2) is 5.97. The van der Waals surface area contributed by atoms with Crippen LogP contribution in [0.2, 0.25) is 0 Å². The van der Waals surface area contributed by atoms with Crippen molar-refractivity contribution in [3.05, 3.63) is 29.6 Å². The first kappa shape index (κ1) is 13.7. The number of thiol groups is 1. The van der Waals surface area contributed by atoms with Crippen LogP contribution in [-0.2, 0) is 0 Å². The van der Waals surface area contributed by atoms with Gasteiger partial charge in [-0.3, -0.25) is 4.79 Å². The summed E-state index contributed by atoms with van der Waals surface area (Å²) in [5.41, 5.74) is 0.466. The highest BCUT2D eigenvalue weighted by molar-refractivity contribution is 7.99. The summed E-state index contributed by atoms with van der Waals surface area (Å²) in [5, 5.41) is 3.52. The summed E-state index contributed by atoms with van der Waals surface area (Å²) in [6.07, 6.45) is 5.38. The summed E-state index contributed by atoms with van der Waals surface area (Å²) in [6.45, 7) is 0. The van der Waals surface area contributed by atoms with E-state index in [-0.39, 0.29) is 16.8 Å². The summed E-state index contributed by atoms with van der Waals surface area (Å²) in [7, 11) is 0. The molecule has 98 valence electrons. The van der Waals surface area contributed by atoms with Gasteiger partial charge < -0.3 is 5.32 Å². The van der Waals surface area contributed by atoms with Crippen LogP contribution in [0.3, 0.4) is 0 Å². The highest BCUT2D eigenvalue weighted by Gasteiger charge is 2.28. The van der Waals surface area contributed by atoms with Gasteiger partial charge in [-0.25, -0.2) is 4.39 Å². The van der Waals surface area contributed by atoms with Crippen molar-refractivity contribution in [1.82, 2.24) is 5.32 Å². The number of carbonyl (C=O) groups is 1. The van der Waals surface area contributed by atoms with E-state index in [2.05, 4.69) is 24.2 Å². The van der Waals surface area contributed by atoms with Gasteiger partial charge in [0.25, 0.3) is 5.91 Å². The molecule has 0 aliphatic heterocycles. The molecule has 1 amide bonds. The standard InChI is InChI=1S/C13H16FNOS2/c1-18-12-4-2-3-10(12)15-13(16)8-5-6-9(14)11(17)7-8/h5-7,10,12,17H,2-4H2,1H3,(H,15,16). The van der Waals surface area contributed by atoms with E-state index < -0.39 is 5.82 Å². The molecule has 0 spiro atoms. The van der Waals surface area contributed by atoms with E-state index in [1.165, 1.54) is 18.2 Å². The van der Waals surface area contributed by atoms with Crippen molar-refractivity contribution in [2.24, 2.45) is 0 Å². The Morgan fingerprint density at radius 1 is 1.50 bits per heavy atom. The molecular formula is C13H16FNOS2. The molecule has 1 fully saturated rings. The number of rotatable bonds is 3. The average Bonchev–Trinajstić information content (AvgIpc) is 2.79. The molecular weight excluding hydrogens is 269 g/mol. The zero-order valence-electron chi connectivity index (χ0n) is 10.1. The number of benzene rings is 1. The Morgan fingerprint density at radius 3 is 2.94 bits per heavy atom. The van der Waals surface area contributed by atoms with E-state index >= 15 is 0 Å². The van der Waals surface area contributed by atoms with Crippen LogP contribution in [0, 0.1) is 5.82 Å². The molecule has 2 atom stereocenters. The third kappa shape index (κ3) is 3.01. The molecule has 2 nitrogen and oxygen atoms in total. The van der Waals surface area contributed by atoms with Gasteiger partial charge in [-0.2, -0.15) is 11.8 Å². The predicted molar refractivity (Wildman–Crippen MR) is 76.1 cm³/mol. The van der Waals surface area contributed by atoms with Crippen molar-refractivity contribution in [2.45, 2.75) is 35.4 Å². The van der Waals surface area contributed by atoms with Crippen molar-refractivity contribution in [2.75, 3.05) is 6.26 Å². The minimum absolute atomic E-state index is 0.142. The van der Waals surface area contributed by atoms with Gasteiger partial charge in [0, 0.05) is 21.8 Å². The van der Waals surface area contributed by atoms with Crippen LogP contribution in [0.5, 0.6) is 0 Å². The van der Waals surface area contributed by atoms with E-state index in [1.54, 1.807) is 11.8 Å². The lowest BCUT2D eigenvalue weighted by Gasteiger charge is -2.19. The third-order valence-electron chi connectivity index (χ3n) is 3.28. The largest absolute Gasteiger partial charge is 0.348 e. The van der Waals surface area contributed by atoms with Crippen molar-refractivity contribution in [3.8, 4) is 0 Å². The lowest BCUT2D eigenvalue weighted by Crippen LogP contribution is -2.38. The molecule has 0 aromatic heterocycles. The number of hydrogen-bond acceptors (Lipinski definition) is 3. The van der Waals surface area contributed by atoms with Gasteiger partial charge in [0.15, 0.2) is 0 Å². The van der Waals surface area contributed by atoms with Gasteiger partial charge in [0.2, 0.25) is 0 Å². The SMILES string of the molecule is CSC1CCCC1NC(=O)c1ccc(F)c(S)c1. The van der Waals surface area contributed by atoms with Crippen LogP contribution < -0.4 is 5.32 Å². The highest BCUT2D eigenvalue weighted by atomic mass is 32.2. The molecule has 0 radical (unpaired) electrons. The minimum Gasteiger partial charge on any atom is -0.348 e. The van der Waals surface area contributed by atoms with Crippen molar-refractivity contribution in [3.63, 3.8) is 0 Å². The van der Waals surface area contributed by atoms with E-state index in [4.69, 9.17) is 0 Å². The van der Waals surface area contributed by atoms with Crippen LogP contribution in [0.15, 0.2) is 23.1 Å². The van der Waals surface area contributed by atoms with E-state index in [9.17, 15) is 9.18 Å². The molecule has 2 rings (SSSR count). The lowest BCUT2D eigenvalue weighted by molar-refractivity contribution is 0.0938. The fourth-order valence-electron chi connectivity index (χ4n) is 2.28. The lowest BCUT2D eigenvalue weighted by atomic mass is 10.1. The van der Waals surface area contributed by atoms with Gasteiger partial charge in [0.1, 0.15) is 5.82 Å². The first-order valence-corrected chi connectivity index (χ1v) is 7.67. The molecule has 1 aromatic rings. The van der Waals surface area contributed by atoms with E-state index in [0.29, 0.717) is 10.8 Å². The molecule has 1 aliphatic carbocycles. The normalized spacial score (nSPS) is 23.1. The smallest absolute Gasteiger partial charge is 0.251 e. The van der Waals surface area contributed by atoms with Gasteiger partial charge in [-0.1, -0.05) is 6.42 Å². The Bertz CT molecular complexity index is 453. The molecule has 18 heavy (non-hydrogen) atoms. The maximum atomic E-state index is 13.1.